The lowest BCUT2D eigenvalue weighted by molar-refractivity contribution is -0.122. The van der Waals surface area contributed by atoms with Crippen LogP contribution in [0.15, 0.2) is 0 Å². The minimum atomic E-state index is 0.0389. The number of hydrogen-bond acceptors (Lipinski definition) is 3. The van der Waals surface area contributed by atoms with Gasteiger partial charge in [0.15, 0.2) is 0 Å². The van der Waals surface area contributed by atoms with Crippen molar-refractivity contribution in [3.05, 3.63) is 0 Å². The van der Waals surface area contributed by atoms with Crippen molar-refractivity contribution >= 4 is 5.91 Å². The zero-order chi connectivity index (χ0) is 14.5. The maximum absolute atomic E-state index is 11.4. The summed E-state index contributed by atoms with van der Waals surface area (Å²) in [6.45, 7) is 11.9. The van der Waals surface area contributed by atoms with Crippen molar-refractivity contribution < 1.29 is 14.3 Å². The lowest BCUT2D eigenvalue weighted by atomic mass is 10.1. The number of rotatable bonds is 12. The fraction of sp³-hybridized carbons (Fsp3) is 0.933. The summed E-state index contributed by atoms with van der Waals surface area (Å²) in [6, 6.07) is 0. The molecule has 1 amide bonds. The third-order valence-electron chi connectivity index (χ3n) is 2.72. The molecular weight excluding hydrogens is 242 g/mol. The van der Waals surface area contributed by atoms with E-state index >= 15 is 0 Å². The fourth-order valence-corrected chi connectivity index (χ4v) is 1.36. The standard InChI is InChI=1S/C15H31NO3/c1-13(2)5-9-18-11-7-15(17)16-8-12-19-10-6-14(3)4/h13-14H,5-12H2,1-4H3,(H,16,17). The van der Waals surface area contributed by atoms with E-state index in [4.69, 9.17) is 9.47 Å². The van der Waals surface area contributed by atoms with Crippen LogP contribution in [0.1, 0.15) is 47.0 Å². The van der Waals surface area contributed by atoms with E-state index in [9.17, 15) is 4.79 Å². The maximum Gasteiger partial charge on any atom is 0.222 e. The smallest absolute Gasteiger partial charge is 0.222 e. The van der Waals surface area contributed by atoms with Gasteiger partial charge in [-0.3, -0.25) is 4.79 Å². The molecule has 0 bridgehead atoms. The van der Waals surface area contributed by atoms with E-state index in [1.807, 2.05) is 0 Å². The van der Waals surface area contributed by atoms with E-state index < -0.39 is 0 Å². The summed E-state index contributed by atoms with van der Waals surface area (Å²) in [5.74, 6) is 1.35. The van der Waals surface area contributed by atoms with Crippen molar-refractivity contribution in [1.82, 2.24) is 5.32 Å². The summed E-state index contributed by atoms with van der Waals surface area (Å²) in [4.78, 5) is 11.4. The minimum absolute atomic E-state index is 0.0389. The molecule has 114 valence electrons. The molecule has 0 atom stereocenters. The first kappa shape index (κ1) is 18.4. The monoisotopic (exact) mass is 273 g/mol. The number of carbonyl (C=O) groups excluding carboxylic acids is 1. The van der Waals surface area contributed by atoms with Crippen molar-refractivity contribution in [3.63, 3.8) is 0 Å². The Kier molecular flexibility index (Phi) is 12.0. The third kappa shape index (κ3) is 15.3. The average Bonchev–Trinajstić information content (AvgIpc) is 2.32. The van der Waals surface area contributed by atoms with Crippen LogP contribution in [0.4, 0.5) is 0 Å². The maximum atomic E-state index is 11.4. The highest BCUT2D eigenvalue weighted by molar-refractivity contribution is 5.75. The molecular formula is C15H31NO3. The van der Waals surface area contributed by atoms with Gasteiger partial charge in [-0.25, -0.2) is 0 Å². The highest BCUT2D eigenvalue weighted by Crippen LogP contribution is 1.99. The van der Waals surface area contributed by atoms with Gasteiger partial charge in [0.1, 0.15) is 0 Å². The number of hydrogen-bond donors (Lipinski definition) is 1. The third-order valence-corrected chi connectivity index (χ3v) is 2.72. The molecule has 0 aromatic rings. The van der Waals surface area contributed by atoms with E-state index in [1.54, 1.807) is 0 Å². The number of ether oxygens (including phenoxy) is 2. The Hall–Kier alpha value is -0.610. The van der Waals surface area contributed by atoms with E-state index in [1.165, 1.54) is 0 Å². The summed E-state index contributed by atoms with van der Waals surface area (Å²) in [7, 11) is 0. The van der Waals surface area contributed by atoms with Gasteiger partial charge in [0, 0.05) is 26.2 Å². The molecule has 0 aliphatic heterocycles. The van der Waals surface area contributed by atoms with Crippen molar-refractivity contribution in [2.24, 2.45) is 11.8 Å². The molecule has 0 rings (SSSR count). The quantitative estimate of drug-likeness (QED) is 0.556. The summed E-state index contributed by atoms with van der Waals surface area (Å²) in [5.41, 5.74) is 0. The van der Waals surface area contributed by atoms with Crippen molar-refractivity contribution in [2.75, 3.05) is 33.0 Å². The number of carbonyl (C=O) groups is 1. The second kappa shape index (κ2) is 12.4. The minimum Gasteiger partial charge on any atom is -0.381 e. The zero-order valence-corrected chi connectivity index (χ0v) is 13.0. The van der Waals surface area contributed by atoms with Crippen molar-refractivity contribution in [3.8, 4) is 0 Å². The number of amides is 1. The SMILES string of the molecule is CC(C)CCOCCNC(=O)CCOCCC(C)C. The van der Waals surface area contributed by atoms with Crippen LogP contribution in [-0.2, 0) is 14.3 Å². The topological polar surface area (TPSA) is 47.6 Å². The summed E-state index contributed by atoms with van der Waals surface area (Å²) in [6.07, 6.45) is 2.55. The molecule has 4 heteroatoms. The second-order valence-electron chi connectivity index (χ2n) is 5.69. The van der Waals surface area contributed by atoms with Crippen LogP contribution >= 0.6 is 0 Å². The van der Waals surface area contributed by atoms with E-state index in [2.05, 4.69) is 33.0 Å². The molecule has 19 heavy (non-hydrogen) atoms. The van der Waals surface area contributed by atoms with Crippen LogP contribution in [0.5, 0.6) is 0 Å². The van der Waals surface area contributed by atoms with Gasteiger partial charge < -0.3 is 14.8 Å². The highest BCUT2D eigenvalue weighted by atomic mass is 16.5. The normalized spacial score (nSPS) is 11.3. The first-order valence-electron chi connectivity index (χ1n) is 7.44. The molecule has 0 fully saturated rings. The molecule has 0 radical (unpaired) electrons. The van der Waals surface area contributed by atoms with Crippen LogP contribution < -0.4 is 5.32 Å². The molecule has 0 saturated carbocycles. The van der Waals surface area contributed by atoms with Crippen LogP contribution in [-0.4, -0.2) is 38.9 Å². The van der Waals surface area contributed by atoms with Gasteiger partial charge >= 0.3 is 0 Å². The highest BCUT2D eigenvalue weighted by Gasteiger charge is 2.01. The van der Waals surface area contributed by atoms with E-state index in [0.717, 1.165) is 26.1 Å². The fourth-order valence-electron chi connectivity index (χ4n) is 1.36. The zero-order valence-electron chi connectivity index (χ0n) is 13.0. The molecule has 0 unspecified atom stereocenters. The van der Waals surface area contributed by atoms with E-state index in [0.29, 0.717) is 38.0 Å². The van der Waals surface area contributed by atoms with Gasteiger partial charge in [0.25, 0.3) is 0 Å². The molecule has 4 nitrogen and oxygen atoms in total. The van der Waals surface area contributed by atoms with Crippen LogP contribution in [0.25, 0.3) is 0 Å². The Morgan fingerprint density at radius 2 is 1.42 bits per heavy atom. The molecule has 0 aromatic heterocycles. The summed E-state index contributed by atoms with van der Waals surface area (Å²) < 4.78 is 10.8. The molecule has 0 aliphatic rings. The van der Waals surface area contributed by atoms with Gasteiger partial charge in [-0.05, 0) is 24.7 Å². The largest absolute Gasteiger partial charge is 0.381 e. The number of nitrogens with one attached hydrogen (secondary N) is 1. The Morgan fingerprint density at radius 3 is 1.95 bits per heavy atom. The van der Waals surface area contributed by atoms with Crippen molar-refractivity contribution in [2.45, 2.75) is 47.0 Å². The predicted octanol–water partition coefficient (Wildman–Crippen LogP) is 2.62. The first-order valence-corrected chi connectivity index (χ1v) is 7.44. The van der Waals surface area contributed by atoms with Gasteiger partial charge in [0.2, 0.25) is 5.91 Å². The Morgan fingerprint density at radius 1 is 0.895 bits per heavy atom. The Balaban J connectivity index is 3.21. The van der Waals surface area contributed by atoms with Gasteiger partial charge in [0.05, 0.1) is 13.2 Å². The van der Waals surface area contributed by atoms with Gasteiger partial charge in [-0.1, -0.05) is 27.7 Å². The van der Waals surface area contributed by atoms with Gasteiger partial charge in [-0.15, -0.1) is 0 Å². The molecule has 1 N–H and O–H groups in total. The first-order chi connectivity index (χ1) is 9.02. The predicted molar refractivity (Wildman–Crippen MR) is 78.2 cm³/mol. The molecule has 0 saturated heterocycles. The summed E-state index contributed by atoms with van der Waals surface area (Å²) >= 11 is 0. The summed E-state index contributed by atoms with van der Waals surface area (Å²) in [5, 5.41) is 2.83. The van der Waals surface area contributed by atoms with Crippen LogP contribution in [0, 0.1) is 11.8 Å². The Labute approximate surface area is 118 Å². The molecule has 0 aromatic carbocycles. The average molecular weight is 273 g/mol. The second-order valence-corrected chi connectivity index (χ2v) is 5.69. The molecule has 0 aliphatic carbocycles. The van der Waals surface area contributed by atoms with E-state index in [-0.39, 0.29) is 5.91 Å². The van der Waals surface area contributed by atoms with Gasteiger partial charge in [-0.2, -0.15) is 0 Å². The lowest BCUT2D eigenvalue weighted by Crippen LogP contribution is -2.28. The van der Waals surface area contributed by atoms with Crippen LogP contribution in [0.2, 0.25) is 0 Å². The van der Waals surface area contributed by atoms with Crippen molar-refractivity contribution in [1.29, 1.82) is 0 Å². The lowest BCUT2D eigenvalue weighted by Gasteiger charge is -2.08. The molecule has 0 heterocycles. The molecule has 0 spiro atoms. The Bertz CT molecular complexity index is 217. The van der Waals surface area contributed by atoms with Crippen LogP contribution in [0.3, 0.4) is 0 Å².